The summed E-state index contributed by atoms with van der Waals surface area (Å²) in [4.78, 5) is 19.9. The molecule has 0 aliphatic carbocycles. The number of halogens is 1. The lowest BCUT2D eigenvalue weighted by atomic mass is 10.1. The molecule has 0 saturated carbocycles. The van der Waals surface area contributed by atoms with Crippen molar-refractivity contribution >= 4 is 23.5 Å². The lowest BCUT2D eigenvalue weighted by Gasteiger charge is -2.15. The second-order valence-electron chi connectivity index (χ2n) is 6.46. The highest BCUT2D eigenvalue weighted by molar-refractivity contribution is 5.83. The molecule has 0 saturated heterocycles. The molecule has 3 N–H and O–H groups in total. The Morgan fingerprint density at radius 3 is 2.40 bits per heavy atom. The number of hydrogen-bond donors (Lipinski definition) is 3. The quantitative estimate of drug-likeness (QED) is 0.529. The number of methoxy groups -OCH3 is 2. The molecular weight excluding hydrogens is 391 g/mol. The molecule has 0 atom stereocenters. The minimum Gasteiger partial charge on any atom is -0.507 e. The molecule has 0 aliphatic rings. The summed E-state index contributed by atoms with van der Waals surface area (Å²) in [5, 5.41) is 15.2. The maximum atomic E-state index is 15.4. The Labute approximate surface area is 172 Å². The number of aryl methyl sites for hydroxylation is 2. The average Bonchev–Trinajstić information content (AvgIpc) is 2.74. The highest BCUT2D eigenvalue weighted by atomic mass is 19.1. The molecule has 3 rings (SSSR count). The average molecular weight is 412 g/mol. The number of aromatic hydroxyl groups is 1. The summed E-state index contributed by atoms with van der Waals surface area (Å²) in [6.45, 7) is 3.46. The number of anilines is 3. The Hall–Kier alpha value is -3.88. The van der Waals surface area contributed by atoms with Gasteiger partial charge in [-0.15, -0.1) is 0 Å². The fourth-order valence-corrected chi connectivity index (χ4v) is 2.91. The minimum atomic E-state index is -0.796. The summed E-state index contributed by atoms with van der Waals surface area (Å²) in [6, 6.07) is 10.1. The van der Waals surface area contributed by atoms with Crippen molar-refractivity contribution in [3.8, 4) is 22.8 Å². The van der Waals surface area contributed by atoms with Crippen LogP contribution in [0.4, 0.5) is 26.6 Å². The molecule has 9 heteroatoms. The minimum absolute atomic E-state index is 0.0661. The Balaban J connectivity index is 2.14. The van der Waals surface area contributed by atoms with Crippen molar-refractivity contribution in [2.75, 3.05) is 24.9 Å². The predicted octanol–water partition coefficient (Wildman–Crippen LogP) is 4.54. The first-order chi connectivity index (χ1) is 14.3. The highest BCUT2D eigenvalue weighted by Crippen LogP contribution is 2.34. The molecule has 1 amide bonds. The molecular formula is C21H21FN4O4. The number of rotatable bonds is 5. The van der Waals surface area contributed by atoms with Crippen molar-refractivity contribution in [2.24, 2.45) is 0 Å². The second-order valence-corrected chi connectivity index (χ2v) is 6.46. The van der Waals surface area contributed by atoms with E-state index in [2.05, 4.69) is 25.3 Å². The lowest BCUT2D eigenvalue weighted by molar-refractivity contribution is 0.186. The van der Waals surface area contributed by atoms with Crippen LogP contribution >= 0.6 is 0 Å². The van der Waals surface area contributed by atoms with Gasteiger partial charge in [-0.1, -0.05) is 12.1 Å². The third-order valence-corrected chi connectivity index (χ3v) is 4.37. The van der Waals surface area contributed by atoms with Crippen LogP contribution in [0.5, 0.6) is 11.5 Å². The van der Waals surface area contributed by atoms with Crippen molar-refractivity contribution in [2.45, 2.75) is 13.8 Å². The Bertz CT molecular complexity index is 1080. The van der Waals surface area contributed by atoms with E-state index in [1.165, 1.54) is 14.2 Å². The van der Waals surface area contributed by atoms with Gasteiger partial charge in [-0.25, -0.2) is 14.2 Å². The first kappa shape index (κ1) is 20.8. The van der Waals surface area contributed by atoms with Crippen molar-refractivity contribution in [3.05, 3.63) is 53.3 Å². The van der Waals surface area contributed by atoms with Gasteiger partial charge in [0.25, 0.3) is 0 Å². The Morgan fingerprint density at radius 2 is 1.77 bits per heavy atom. The van der Waals surface area contributed by atoms with Gasteiger partial charge in [0, 0.05) is 11.3 Å². The molecule has 1 heterocycles. The SMILES string of the molecule is COC(=O)Nc1nc(Nc2cc(C)c(O)c(C)c2)c(F)c(-c2ccccc2OC)n1. The van der Waals surface area contributed by atoms with Crippen LogP contribution in [-0.4, -0.2) is 35.4 Å². The van der Waals surface area contributed by atoms with Crippen LogP contribution in [0, 0.1) is 19.7 Å². The highest BCUT2D eigenvalue weighted by Gasteiger charge is 2.20. The number of phenolic OH excluding ortho intramolecular Hbond substituents is 1. The zero-order valence-corrected chi connectivity index (χ0v) is 16.9. The number of benzene rings is 2. The fourth-order valence-electron chi connectivity index (χ4n) is 2.91. The molecule has 0 spiro atoms. The van der Waals surface area contributed by atoms with Gasteiger partial charge >= 0.3 is 6.09 Å². The van der Waals surface area contributed by atoms with E-state index in [0.717, 1.165) is 0 Å². The summed E-state index contributed by atoms with van der Waals surface area (Å²) in [5.74, 6) is -0.494. The molecule has 0 fully saturated rings. The van der Waals surface area contributed by atoms with Crippen molar-refractivity contribution in [1.29, 1.82) is 0 Å². The third kappa shape index (κ3) is 4.24. The van der Waals surface area contributed by atoms with Gasteiger partial charge in [-0.05, 0) is 49.2 Å². The first-order valence-electron chi connectivity index (χ1n) is 8.97. The van der Waals surface area contributed by atoms with Gasteiger partial charge in [0.2, 0.25) is 5.95 Å². The Kier molecular flexibility index (Phi) is 6.01. The number of nitrogens with one attached hydrogen (secondary N) is 2. The molecule has 3 aromatic rings. The van der Waals surface area contributed by atoms with Crippen LogP contribution < -0.4 is 15.4 Å². The topological polar surface area (TPSA) is 106 Å². The van der Waals surface area contributed by atoms with E-state index in [-0.39, 0.29) is 23.2 Å². The van der Waals surface area contributed by atoms with E-state index < -0.39 is 11.9 Å². The summed E-state index contributed by atoms with van der Waals surface area (Å²) < 4.78 is 25.3. The lowest BCUT2D eigenvalue weighted by Crippen LogP contribution is -2.15. The maximum Gasteiger partial charge on any atom is 0.413 e. The molecule has 0 aliphatic heterocycles. The van der Waals surface area contributed by atoms with Gasteiger partial charge in [0.15, 0.2) is 11.6 Å². The smallest absolute Gasteiger partial charge is 0.413 e. The molecule has 156 valence electrons. The molecule has 1 aromatic heterocycles. The molecule has 0 unspecified atom stereocenters. The van der Waals surface area contributed by atoms with Crippen LogP contribution in [0.1, 0.15) is 11.1 Å². The van der Waals surface area contributed by atoms with E-state index in [4.69, 9.17) is 4.74 Å². The number of nitrogens with zero attached hydrogens (tertiary/aromatic N) is 2. The number of carbonyl (C=O) groups excluding carboxylic acids is 1. The number of para-hydroxylation sites is 1. The summed E-state index contributed by atoms with van der Waals surface area (Å²) in [7, 11) is 2.66. The number of carbonyl (C=O) groups is 1. The van der Waals surface area contributed by atoms with Crippen LogP contribution in [0.15, 0.2) is 36.4 Å². The van der Waals surface area contributed by atoms with Gasteiger partial charge in [0.05, 0.1) is 14.2 Å². The molecule has 30 heavy (non-hydrogen) atoms. The van der Waals surface area contributed by atoms with E-state index in [1.807, 2.05) is 0 Å². The predicted molar refractivity (Wildman–Crippen MR) is 111 cm³/mol. The molecule has 2 aromatic carbocycles. The van der Waals surface area contributed by atoms with Crippen LogP contribution in [-0.2, 0) is 4.74 Å². The van der Waals surface area contributed by atoms with Crippen LogP contribution in [0.3, 0.4) is 0 Å². The van der Waals surface area contributed by atoms with Gasteiger partial charge in [-0.2, -0.15) is 4.98 Å². The van der Waals surface area contributed by atoms with Crippen molar-refractivity contribution in [3.63, 3.8) is 0 Å². The summed E-state index contributed by atoms with van der Waals surface area (Å²) >= 11 is 0. The normalized spacial score (nSPS) is 10.4. The number of ether oxygens (including phenoxy) is 2. The van der Waals surface area contributed by atoms with Crippen LogP contribution in [0.2, 0.25) is 0 Å². The maximum absolute atomic E-state index is 15.4. The van der Waals surface area contributed by atoms with Crippen molar-refractivity contribution < 1.29 is 23.8 Å². The van der Waals surface area contributed by atoms with Gasteiger partial charge in [0.1, 0.15) is 17.2 Å². The van der Waals surface area contributed by atoms with Crippen LogP contribution in [0.25, 0.3) is 11.3 Å². The zero-order chi connectivity index (χ0) is 21.8. The monoisotopic (exact) mass is 412 g/mol. The molecule has 0 radical (unpaired) electrons. The third-order valence-electron chi connectivity index (χ3n) is 4.37. The first-order valence-corrected chi connectivity index (χ1v) is 8.97. The van der Waals surface area contributed by atoms with E-state index in [1.54, 1.807) is 50.2 Å². The van der Waals surface area contributed by atoms with Gasteiger partial charge < -0.3 is 19.9 Å². The number of phenols is 1. The van der Waals surface area contributed by atoms with Gasteiger partial charge in [-0.3, -0.25) is 5.32 Å². The molecule has 8 nitrogen and oxygen atoms in total. The second kappa shape index (κ2) is 8.64. The summed E-state index contributed by atoms with van der Waals surface area (Å²) in [5.41, 5.74) is 2.06. The van der Waals surface area contributed by atoms with E-state index in [0.29, 0.717) is 28.1 Å². The number of aromatic nitrogens is 2. The van der Waals surface area contributed by atoms with E-state index >= 15 is 4.39 Å². The standard InChI is InChI=1S/C21H21FN4O4/c1-11-9-13(10-12(2)18(11)27)23-19-16(22)17(14-7-5-6-8-15(14)29-3)24-20(25-19)26-21(28)30-4/h5-10,27H,1-4H3,(H2,23,24,25,26,28). The number of amides is 1. The number of hydrogen-bond acceptors (Lipinski definition) is 7. The zero-order valence-electron chi connectivity index (χ0n) is 16.9. The largest absolute Gasteiger partial charge is 0.507 e. The Morgan fingerprint density at radius 1 is 1.10 bits per heavy atom. The van der Waals surface area contributed by atoms with Crippen molar-refractivity contribution in [1.82, 2.24) is 9.97 Å². The fraction of sp³-hybridized carbons (Fsp3) is 0.190. The summed E-state index contributed by atoms with van der Waals surface area (Å²) in [6.07, 6.45) is -0.796. The molecule has 0 bridgehead atoms. The van der Waals surface area contributed by atoms with E-state index in [9.17, 15) is 9.90 Å².